The zero-order chi connectivity index (χ0) is 17.2. The molecule has 0 unspecified atom stereocenters. The van der Waals surface area contributed by atoms with Crippen molar-refractivity contribution in [2.45, 2.75) is 13.1 Å². The summed E-state index contributed by atoms with van der Waals surface area (Å²) in [5.74, 6) is 0. The monoisotopic (exact) mass is 333 g/mol. The lowest BCUT2D eigenvalue weighted by Crippen LogP contribution is -2.20. The van der Waals surface area contributed by atoms with Crippen LogP contribution in [0.3, 0.4) is 0 Å². The molecule has 3 aromatic heterocycles. The summed E-state index contributed by atoms with van der Waals surface area (Å²) in [5, 5.41) is 4.49. The van der Waals surface area contributed by atoms with Gasteiger partial charge in [0.15, 0.2) is 0 Å². The van der Waals surface area contributed by atoms with Gasteiger partial charge in [-0.1, -0.05) is 18.2 Å². The Morgan fingerprint density at radius 2 is 1.96 bits per heavy atom. The predicted octanol–water partition coefficient (Wildman–Crippen LogP) is 2.34. The highest BCUT2D eigenvalue weighted by Gasteiger charge is 2.09. The molecular formula is C19H19N5O. The van der Waals surface area contributed by atoms with Gasteiger partial charge in [-0.05, 0) is 24.3 Å². The van der Waals surface area contributed by atoms with Gasteiger partial charge in [0.25, 0.3) is 5.56 Å². The third-order valence-electron chi connectivity index (χ3n) is 4.31. The zero-order valence-electron chi connectivity index (χ0n) is 13.9. The Morgan fingerprint density at radius 1 is 1.12 bits per heavy atom. The van der Waals surface area contributed by atoms with Crippen molar-refractivity contribution in [3.05, 3.63) is 82.7 Å². The average molecular weight is 333 g/mol. The van der Waals surface area contributed by atoms with Crippen LogP contribution in [-0.2, 0) is 20.1 Å². The number of pyridine rings is 1. The number of aromatic amines is 1. The molecule has 0 bridgehead atoms. The van der Waals surface area contributed by atoms with Crippen LogP contribution in [0.4, 0.5) is 0 Å². The summed E-state index contributed by atoms with van der Waals surface area (Å²) in [4.78, 5) is 19.8. The second kappa shape index (κ2) is 6.41. The topological polar surface area (TPSA) is 67.6 Å². The van der Waals surface area contributed by atoms with E-state index in [0.29, 0.717) is 13.1 Å². The van der Waals surface area contributed by atoms with Crippen LogP contribution in [-0.4, -0.2) is 19.3 Å². The van der Waals surface area contributed by atoms with E-state index in [-0.39, 0.29) is 5.56 Å². The first kappa shape index (κ1) is 15.4. The van der Waals surface area contributed by atoms with Gasteiger partial charge in [-0.3, -0.25) is 14.5 Å². The lowest BCUT2D eigenvalue weighted by Gasteiger charge is -2.10. The molecule has 1 aromatic carbocycles. The fraction of sp³-hybridized carbons (Fsp3) is 0.158. The van der Waals surface area contributed by atoms with Crippen molar-refractivity contribution in [1.82, 2.24) is 24.6 Å². The molecule has 6 nitrogen and oxygen atoms in total. The Labute approximate surface area is 144 Å². The van der Waals surface area contributed by atoms with E-state index < -0.39 is 0 Å². The van der Waals surface area contributed by atoms with E-state index in [1.807, 2.05) is 54.3 Å². The standard InChI is InChI=1S/C19H19N5O/c1-23-17(10-19(25)24(23)16-5-3-2-4-6-16)13-21-12-15-9-14-11-20-8-7-18(14)22-15/h2-11,21-22H,12-13H2,1H3. The summed E-state index contributed by atoms with van der Waals surface area (Å²) >= 11 is 0. The van der Waals surface area contributed by atoms with Crippen molar-refractivity contribution in [2.75, 3.05) is 0 Å². The van der Waals surface area contributed by atoms with Gasteiger partial charge in [-0.15, -0.1) is 0 Å². The van der Waals surface area contributed by atoms with Crippen molar-refractivity contribution < 1.29 is 0 Å². The van der Waals surface area contributed by atoms with E-state index in [4.69, 9.17) is 0 Å². The molecule has 0 aliphatic rings. The van der Waals surface area contributed by atoms with Gasteiger partial charge < -0.3 is 10.3 Å². The number of hydrogen-bond donors (Lipinski definition) is 2. The van der Waals surface area contributed by atoms with Crippen molar-refractivity contribution >= 4 is 10.9 Å². The number of benzene rings is 1. The fourth-order valence-corrected chi connectivity index (χ4v) is 3.06. The molecule has 0 aliphatic heterocycles. The van der Waals surface area contributed by atoms with Gasteiger partial charge in [0.1, 0.15) is 0 Å². The minimum Gasteiger partial charge on any atom is -0.357 e. The number of fused-ring (bicyclic) bond motifs is 1. The van der Waals surface area contributed by atoms with E-state index in [2.05, 4.69) is 21.4 Å². The summed E-state index contributed by atoms with van der Waals surface area (Å²) in [6, 6.07) is 15.4. The molecule has 4 rings (SSSR count). The van der Waals surface area contributed by atoms with Crippen LogP contribution < -0.4 is 10.9 Å². The van der Waals surface area contributed by atoms with Gasteiger partial charge in [-0.25, -0.2) is 4.68 Å². The van der Waals surface area contributed by atoms with E-state index >= 15 is 0 Å². The number of hydrogen-bond acceptors (Lipinski definition) is 3. The summed E-state index contributed by atoms with van der Waals surface area (Å²) in [6.07, 6.45) is 3.62. The van der Waals surface area contributed by atoms with Crippen LogP contribution in [0.1, 0.15) is 11.4 Å². The molecule has 3 heterocycles. The van der Waals surface area contributed by atoms with Gasteiger partial charge in [-0.2, -0.15) is 0 Å². The number of H-pyrrole nitrogens is 1. The molecule has 126 valence electrons. The maximum atomic E-state index is 12.3. The third kappa shape index (κ3) is 2.99. The average Bonchev–Trinajstić information content (AvgIpc) is 3.16. The first-order valence-corrected chi connectivity index (χ1v) is 8.18. The van der Waals surface area contributed by atoms with Gasteiger partial charge in [0, 0.05) is 55.2 Å². The highest BCUT2D eigenvalue weighted by Crippen LogP contribution is 2.13. The maximum Gasteiger partial charge on any atom is 0.271 e. The number of nitrogens with one attached hydrogen (secondary N) is 2. The lowest BCUT2D eigenvalue weighted by molar-refractivity contribution is 0.578. The Bertz CT molecular complexity index is 1030. The predicted molar refractivity (Wildman–Crippen MR) is 97.6 cm³/mol. The number of aromatic nitrogens is 4. The van der Waals surface area contributed by atoms with E-state index in [9.17, 15) is 4.79 Å². The van der Waals surface area contributed by atoms with E-state index in [1.165, 1.54) is 0 Å². The van der Waals surface area contributed by atoms with Gasteiger partial charge in [0.05, 0.1) is 11.4 Å². The molecule has 6 heteroatoms. The van der Waals surface area contributed by atoms with Gasteiger partial charge in [0.2, 0.25) is 0 Å². The normalized spacial score (nSPS) is 11.2. The Balaban J connectivity index is 1.49. The highest BCUT2D eigenvalue weighted by molar-refractivity contribution is 5.79. The molecule has 0 radical (unpaired) electrons. The molecule has 4 aromatic rings. The smallest absolute Gasteiger partial charge is 0.271 e. The minimum atomic E-state index is -0.0258. The largest absolute Gasteiger partial charge is 0.357 e. The molecule has 0 spiro atoms. The fourth-order valence-electron chi connectivity index (χ4n) is 3.06. The zero-order valence-corrected chi connectivity index (χ0v) is 13.9. The maximum absolute atomic E-state index is 12.3. The summed E-state index contributed by atoms with van der Waals surface area (Å²) in [7, 11) is 1.90. The molecule has 2 N–H and O–H groups in total. The van der Waals surface area contributed by atoms with Crippen LogP contribution in [0, 0.1) is 0 Å². The molecule has 0 atom stereocenters. The van der Waals surface area contributed by atoms with Crippen molar-refractivity contribution in [1.29, 1.82) is 0 Å². The van der Waals surface area contributed by atoms with Crippen LogP contribution in [0.15, 0.2) is 65.7 Å². The molecule has 0 saturated heterocycles. The number of nitrogens with zero attached hydrogens (tertiary/aromatic N) is 3. The highest BCUT2D eigenvalue weighted by atomic mass is 16.1. The van der Waals surface area contributed by atoms with Crippen molar-refractivity contribution in [3.63, 3.8) is 0 Å². The van der Waals surface area contributed by atoms with Crippen molar-refractivity contribution in [3.8, 4) is 5.69 Å². The molecular weight excluding hydrogens is 314 g/mol. The van der Waals surface area contributed by atoms with Crippen LogP contribution in [0.2, 0.25) is 0 Å². The van der Waals surface area contributed by atoms with E-state index in [1.54, 1.807) is 16.9 Å². The number of para-hydroxylation sites is 1. The second-order valence-corrected chi connectivity index (χ2v) is 6.01. The Morgan fingerprint density at radius 3 is 2.76 bits per heavy atom. The number of rotatable bonds is 5. The molecule has 0 amide bonds. The molecule has 0 saturated carbocycles. The first-order chi connectivity index (χ1) is 12.2. The molecule has 0 fully saturated rings. The lowest BCUT2D eigenvalue weighted by atomic mass is 10.3. The Hall–Kier alpha value is -3.12. The van der Waals surface area contributed by atoms with Gasteiger partial charge >= 0.3 is 0 Å². The quantitative estimate of drug-likeness (QED) is 0.589. The Kier molecular flexibility index (Phi) is 3.95. The summed E-state index contributed by atoms with van der Waals surface area (Å²) in [6.45, 7) is 1.30. The van der Waals surface area contributed by atoms with Crippen molar-refractivity contribution in [2.24, 2.45) is 7.05 Å². The van der Waals surface area contributed by atoms with Crippen LogP contribution in [0.5, 0.6) is 0 Å². The SMILES string of the molecule is Cn1c(CNCc2cc3cnccc3[nH]2)cc(=O)n1-c1ccccc1. The molecule has 25 heavy (non-hydrogen) atoms. The third-order valence-corrected chi connectivity index (χ3v) is 4.31. The summed E-state index contributed by atoms with van der Waals surface area (Å²) < 4.78 is 3.56. The second-order valence-electron chi connectivity index (χ2n) is 6.01. The minimum absolute atomic E-state index is 0.0258. The van der Waals surface area contributed by atoms with Crippen LogP contribution >= 0.6 is 0 Å². The van der Waals surface area contributed by atoms with Crippen LogP contribution in [0.25, 0.3) is 16.6 Å². The summed E-state index contributed by atoms with van der Waals surface area (Å²) in [5.41, 5.74) is 3.95. The molecule has 0 aliphatic carbocycles. The van der Waals surface area contributed by atoms with E-state index in [0.717, 1.165) is 28.0 Å². The first-order valence-electron chi connectivity index (χ1n) is 8.18.